The Hall–Kier alpha value is -6.56. The van der Waals surface area contributed by atoms with E-state index >= 15 is 0 Å². The van der Waals surface area contributed by atoms with Crippen LogP contribution in [-0.4, -0.2) is 144 Å². The Morgan fingerprint density at radius 3 is 2.25 bits per heavy atom. The molecular formula is C41H61N17O9S2. The van der Waals surface area contributed by atoms with Crippen LogP contribution in [0.3, 0.4) is 0 Å². The predicted octanol–water partition coefficient (Wildman–Crippen LogP) is -3.47. The number of H-pyrrole nitrogens is 1. The van der Waals surface area contributed by atoms with Crippen LogP contribution < -0.4 is 60.6 Å². The molecule has 0 fully saturated rings. The number of carbonyl (C=O) groups excluding carboxylic acids is 7. The van der Waals surface area contributed by atoms with Gasteiger partial charge in [-0.3, -0.25) is 33.6 Å². The normalized spacial score (nSPS) is 14.8. The van der Waals surface area contributed by atoms with E-state index < -0.39 is 83.8 Å². The number of nitrogens with zero attached hydrogens (tertiary/aromatic N) is 5. The van der Waals surface area contributed by atoms with E-state index in [0.29, 0.717) is 40.9 Å². The SMILES string of the molecule is Cc1c(N)nc([C@H](CC(N)=O)NC[C@H](N)C(N)=O)nc1C(=O)N[C@@H](Cc1cnc[nH]1)C(=O)N[C@H](C)[C@@H](O)[C@H](C)C(=O)N[C@H](C(=O)NCCc1nc(-c2nc(C(=O)NCCCCN)cs2)cs1)[C@@H](C)O. The summed E-state index contributed by atoms with van der Waals surface area (Å²) >= 11 is 2.61. The highest BCUT2D eigenvalue weighted by molar-refractivity contribution is 7.14. The summed E-state index contributed by atoms with van der Waals surface area (Å²) < 4.78 is 0. The molecule has 376 valence electrons. The molecule has 7 amide bonds. The highest BCUT2D eigenvalue weighted by Gasteiger charge is 2.34. The molecular weight excluding hydrogens is 939 g/mol. The molecule has 69 heavy (non-hydrogen) atoms. The number of nitrogens with two attached hydrogens (primary N) is 5. The van der Waals surface area contributed by atoms with Crippen molar-refractivity contribution in [3.63, 3.8) is 0 Å². The van der Waals surface area contributed by atoms with Crippen LogP contribution in [0.5, 0.6) is 0 Å². The van der Waals surface area contributed by atoms with Crippen LogP contribution in [-0.2, 0) is 36.8 Å². The number of amides is 7. The second kappa shape index (κ2) is 26.3. The largest absolute Gasteiger partial charge is 0.391 e. The fourth-order valence-corrected chi connectivity index (χ4v) is 8.10. The molecule has 4 aromatic heterocycles. The van der Waals surface area contributed by atoms with Gasteiger partial charge in [0.15, 0.2) is 0 Å². The standard InChI is InChI=1S/C41H61N17O9S2/c1-18-30(56-35(58-33(18)45)24(12-28(44)60)50-14-23(43)34(46)62)40(67)54-25(11-22-13-47-17-51-22)38(65)52-20(3)32(61)19(2)36(63)57-31(21(4)59)39(66)49-10-7-29-53-27(16-68-29)41-55-26(15-69-41)37(64)48-9-6-5-8-42/h13,15-17,19-21,23-25,31-32,50,59,61H,5-12,14,42-43H2,1-4H3,(H2,44,60)(H2,46,62)(H,47,51)(H,48,64)(H,49,66)(H,52,65)(H,54,67)(H,57,63)(H2,45,56,58)/t19-,20+,21+,23-,24-,25-,31-,32-/m0/s1. The summed E-state index contributed by atoms with van der Waals surface area (Å²) in [6.45, 7) is 6.51. The number of aromatic amines is 1. The van der Waals surface area contributed by atoms with E-state index in [1.807, 2.05) is 0 Å². The number of anilines is 1. The molecule has 0 spiro atoms. The summed E-state index contributed by atoms with van der Waals surface area (Å²) in [6.07, 6.45) is 1.27. The zero-order chi connectivity index (χ0) is 50.9. The number of primary amides is 2. The number of hydrogen-bond acceptors (Lipinski definition) is 20. The van der Waals surface area contributed by atoms with E-state index in [9.17, 15) is 43.8 Å². The fourth-order valence-electron chi connectivity index (χ4n) is 6.48. The van der Waals surface area contributed by atoms with Crippen molar-refractivity contribution in [2.45, 2.75) is 102 Å². The number of rotatable bonds is 28. The maximum absolute atomic E-state index is 13.9. The minimum Gasteiger partial charge on any atom is -0.391 e. The Labute approximate surface area is 404 Å². The summed E-state index contributed by atoms with van der Waals surface area (Å²) in [5.74, 6) is -6.57. The molecule has 0 saturated heterocycles. The lowest BCUT2D eigenvalue weighted by molar-refractivity contribution is -0.136. The van der Waals surface area contributed by atoms with Gasteiger partial charge < -0.3 is 75.8 Å². The Kier molecular flexibility index (Phi) is 21.0. The quantitative estimate of drug-likeness (QED) is 0.0246. The lowest BCUT2D eigenvalue weighted by Gasteiger charge is -2.29. The number of aliphatic hydroxyl groups excluding tert-OH is 2. The fraction of sp³-hybridized carbons (Fsp3) is 0.512. The Bertz CT molecular complexity index is 2400. The molecule has 0 bridgehead atoms. The van der Waals surface area contributed by atoms with Crippen molar-refractivity contribution in [2.75, 3.05) is 31.9 Å². The first-order valence-electron chi connectivity index (χ1n) is 21.8. The molecule has 0 saturated carbocycles. The summed E-state index contributed by atoms with van der Waals surface area (Å²) in [6, 6.07) is -6.06. The number of nitrogens with one attached hydrogen (secondary N) is 7. The highest BCUT2D eigenvalue weighted by Crippen LogP contribution is 2.26. The second-order valence-electron chi connectivity index (χ2n) is 16.1. The number of aliphatic hydroxyl groups is 2. The van der Waals surface area contributed by atoms with Crippen molar-refractivity contribution >= 4 is 69.8 Å². The van der Waals surface area contributed by atoms with Crippen molar-refractivity contribution in [3.8, 4) is 10.7 Å². The lowest BCUT2D eigenvalue weighted by atomic mass is 9.96. The van der Waals surface area contributed by atoms with Crippen LogP contribution in [0.2, 0.25) is 0 Å². The van der Waals surface area contributed by atoms with Gasteiger partial charge in [-0.15, -0.1) is 22.7 Å². The Morgan fingerprint density at radius 2 is 1.59 bits per heavy atom. The predicted molar refractivity (Wildman–Crippen MR) is 253 cm³/mol. The first-order chi connectivity index (χ1) is 32.7. The average molecular weight is 1000 g/mol. The molecule has 0 aliphatic heterocycles. The van der Waals surface area contributed by atoms with Crippen LogP contribution >= 0.6 is 22.7 Å². The minimum absolute atomic E-state index is 0.0998. The van der Waals surface area contributed by atoms with Gasteiger partial charge in [0, 0.05) is 67.1 Å². The molecule has 4 rings (SSSR count). The van der Waals surface area contributed by atoms with Crippen LogP contribution in [0.4, 0.5) is 5.82 Å². The molecule has 0 radical (unpaired) electrons. The average Bonchev–Trinajstić information content (AvgIpc) is 4.11. The van der Waals surface area contributed by atoms with Gasteiger partial charge in [0.25, 0.3) is 11.8 Å². The van der Waals surface area contributed by atoms with E-state index in [-0.39, 0.29) is 60.4 Å². The molecule has 0 aliphatic rings. The van der Waals surface area contributed by atoms with Crippen LogP contribution in [0.25, 0.3) is 10.7 Å². The monoisotopic (exact) mass is 999 g/mol. The van der Waals surface area contributed by atoms with E-state index in [1.54, 1.807) is 10.8 Å². The summed E-state index contributed by atoms with van der Waals surface area (Å²) in [5.41, 5.74) is 29.2. The van der Waals surface area contributed by atoms with Gasteiger partial charge in [-0.1, -0.05) is 6.92 Å². The molecule has 26 nitrogen and oxygen atoms in total. The lowest BCUT2D eigenvalue weighted by Crippen LogP contribution is -2.57. The van der Waals surface area contributed by atoms with E-state index in [4.69, 9.17) is 28.7 Å². The second-order valence-corrected chi connectivity index (χ2v) is 17.9. The first kappa shape index (κ1) is 55.0. The highest BCUT2D eigenvalue weighted by atomic mass is 32.1. The smallest absolute Gasteiger partial charge is 0.271 e. The van der Waals surface area contributed by atoms with Gasteiger partial charge in [0.2, 0.25) is 29.5 Å². The summed E-state index contributed by atoms with van der Waals surface area (Å²) in [5, 5.41) is 42.5. The number of carbonyl (C=O) groups is 7. The summed E-state index contributed by atoms with van der Waals surface area (Å²) in [7, 11) is 0. The summed E-state index contributed by atoms with van der Waals surface area (Å²) in [4.78, 5) is 115. The zero-order valence-electron chi connectivity index (χ0n) is 38.5. The number of thiazole rings is 2. The number of nitrogen functional groups attached to an aromatic ring is 1. The molecule has 4 aromatic rings. The molecule has 4 heterocycles. The molecule has 19 N–H and O–H groups in total. The van der Waals surface area contributed by atoms with E-state index in [0.717, 1.165) is 12.8 Å². The molecule has 0 aromatic carbocycles. The number of hydrogen-bond donors (Lipinski definition) is 14. The van der Waals surface area contributed by atoms with Crippen LogP contribution in [0, 0.1) is 12.8 Å². The van der Waals surface area contributed by atoms with E-state index in [1.165, 1.54) is 62.9 Å². The zero-order valence-corrected chi connectivity index (χ0v) is 40.1. The molecule has 28 heteroatoms. The number of unbranched alkanes of at least 4 members (excludes halogenated alkanes) is 1. The topological polar surface area (TPSA) is 442 Å². The third-order valence-corrected chi connectivity index (χ3v) is 12.4. The Balaban J connectivity index is 1.36. The number of imidazole rings is 1. The first-order valence-corrected chi connectivity index (χ1v) is 23.6. The molecule has 0 unspecified atom stereocenters. The van der Waals surface area contributed by atoms with Gasteiger partial charge in [-0.25, -0.2) is 24.9 Å². The van der Waals surface area contributed by atoms with Gasteiger partial charge in [-0.05, 0) is 40.2 Å². The van der Waals surface area contributed by atoms with Gasteiger partial charge in [-0.2, -0.15) is 0 Å². The van der Waals surface area contributed by atoms with Crippen LogP contribution in [0.1, 0.15) is 89.1 Å². The number of aromatic nitrogens is 6. The van der Waals surface area contributed by atoms with Crippen molar-refractivity contribution in [1.29, 1.82) is 0 Å². The third-order valence-electron chi connectivity index (χ3n) is 10.6. The maximum Gasteiger partial charge on any atom is 0.271 e. The van der Waals surface area contributed by atoms with Gasteiger partial charge in [0.1, 0.15) is 45.8 Å². The maximum atomic E-state index is 13.9. The van der Waals surface area contributed by atoms with Gasteiger partial charge >= 0.3 is 0 Å². The van der Waals surface area contributed by atoms with Crippen molar-refractivity contribution < 1.29 is 43.8 Å². The van der Waals surface area contributed by atoms with E-state index in [2.05, 4.69) is 61.8 Å². The van der Waals surface area contributed by atoms with Crippen molar-refractivity contribution in [1.82, 2.24) is 61.8 Å². The van der Waals surface area contributed by atoms with Crippen molar-refractivity contribution in [2.24, 2.45) is 28.9 Å². The minimum atomic E-state index is -1.54. The molecule has 0 aliphatic carbocycles. The Morgan fingerprint density at radius 1 is 0.855 bits per heavy atom. The van der Waals surface area contributed by atoms with Gasteiger partial charge in [0.05, 0.1) is 47.6 Å². The molecule has 8 atom stereocenters. The van der Waals surface area contributed by atoms with Crippen molar-refractivity contribution in [3.05, 3.63) is 56.8 Å². The van der Waals surface area contributed by atoms with Crippen LogP contribution in [0.15, 0.2) is 23.3 Å². The third kappa shape index (κ3) is 16.3.